The Kier molecular flexibility index (Phi) is 3.17. The fourth-order valence-electron chi connectivity index (χ4n) is 2.36. The largest absolute Gasteiger partial charge is 0.277 e. The second kappa shape index (κ2) is 5.01. The lowest BCUT2D eigenvalue weighted by Gasteiger charge is -2.05. The van der Waals surface area contributed by atoms with Crippen LogP contribution in [0.2, 0.25) is 0 Å². The zero-order valence-corrected chi connectivity index (χ0v) is 11.8. The first-order valence-electron chi connectivity index (χ1n) is 6.79. The average molecular weight is 281 g/mol. The summed E-state index contributed by atoms with van der Waals surface area (Å²) in [5.74, 6) is 0.469. The Morgan fingerprint density at radius 1 is 1.14 bits per heavy atom. The molecule has 0 saturated carbocycles. The van der Waals surface area contributed by atoms with Gasteiger partial charge in [0.25, 0.3) is 5.69 Å². The van der Waals surface area contributed by atoms with E-state index in [1.54, 1.807) is 12.1 Å². The minimum atomic E-state index is -0.391. The van der Waals surface area contributed by atoms with Gasteiger partial charge in [-0.2, -0.15) is 5.10 Å². The summed E-state index contributed by atoms with van der Waals surface area (Å²) in [7, 11) is 0. The number of nitrogens with one attached hydrogen (secondary N) is 1. The number of rotatable bonds is 3. The molecule has 21 heavy (non-hydrogen) atoms. The number of aromatic nitrogens is 2. The van der Waals surface area contributed by atoms with Crippen molar-refractivity contribution >= 4 is 16.6 Å². The molecule has 2 aromatic carbocycles. The lowest BCUT2D eigenvalue weighted by Crippen LogP contribution is -1.88. The van der Waals surface area contributed by atoms with Crippen LogP contribution in [0.3, 0.4) is 0 Å². The highest BCUT2D eigenvalue weighted by atomic mass is 16.6. The van der Waals surface area contributed by atoms with Crippen LogP contribution in [0.25, 0.3) is 22.2 Å². The van der Waals surface area contributed by atoms with Gasteiger partial charge in [-0.25, -0.2) is 0 Å². The smallest absolute Gasteiger partial charge is 0.270 e. The topological polar surface area (TPSA) is 71.8 Å². The summed E-state index contributed by atoms with van der Waals surface area (Å²) >= 11 is 0. The first-order chi connectivity index (χ1) is 10.1. The number of fused-ring (bicyclic) bond motifs is 1. The van der Waals surface area contributed by atoms with Crippen molar-refractivity contribution in [2.24, 2.45) is 0 Å². The molecule has 0 bridgehead atoms. The quantitative estimate of drug-likeness (QED) is 0.576. The third kappa shape index (κ3) is 2.38. The van der Waals surface area contributed by atoms with Crippen molar-refractivity contribution < 1.29 is 4.92 Å². The number of benzene rings is 2. The number of nitro benzene ring substituents is 1. The van der Waals surface area contributed by atoms with Crippen molar-refractivity contribution in [1.82, 2.24) is 10.2 Å². The molecule has 0 fully saturated rings. The molecule has 1 N–H and O–H groups in total. The number of hydrogen-bond acceptors (Lipinski definition) is 3. The van der Waals surface area contributed by atoms with Crippen LogP contribution in [0.4, 0.5) is 5.69 Å². The van der Waals surface area contributed by atoms with Gasteiger partial charge in [-0.1, -0.05) is 38.1 Å². The van der Waals surface area contributed by atoms with Gasteiger partial charge in [0.05, 0.1) is 10.4 Å². The molecule has 106 valence electrons. The number of hydrogen-bond donors (Lipinski definition) is 1. The van der Waals surface area contributed by atoms with Gasteiger partial charge in [0.15, 0.2) is 0 Å². The summed E-state index contributed by atoms with van der Waals surface area (Å²) < 4.78 is 0. The maximum Gasteiger partial charge on any atom is 0.270 e. The van der Waals surface area contributed by atoms with Crippen molar-refractivity contribution in [1.29, 1.82) is 0 Å². The van der Waals surface area contributed by atoms with E-state index in [-0.39, 0.29) is 5.69 Å². The predicted molar refractivity (Wildman–Crippen MR) is 82.3 cm³/mol. The molecular formula is C16H15N3O2. The van der Waals surface area contributed by atoms with Crippen LogP contribution < -0.4 is 0 Å². The number of nitrogens with zero attached hydrogens (tertiary/aromatic N) is 2. The minimum Gasteiger partial charge on any atom is -0.277 e. The van der Waals surface area contributed by atoms with Crippen LogP contribution in [0.5, 0.6) is 0 Å². The molecule has 0 spiro atoms. The Morgan fingerprint density at radius 3 is 2.48 bits per heavy atom. The molecule has 0 atom stereocenters. The van der Waals surface area contributed by atoms with E-state index in [9.17, 15) is 10.1 Å². The van der Waals surface area contributed by atoms with Crippen LogP contribution in [-0.2, 0) is 0 Å². The van der Waals surface area contributed by atoms with Crippen molar-refractivity contribution in [3.63, 3.8) is 0 Å². The summed E-state index contributed by atoms with van der Waals surface area (Å²) in [4.78, 5) is 10.5. The molecule has 0 aliphatic rings. The van der Waals surface area contributed by atoms with Crippen LogP contribution >= 0.6 is 0 Å². The molecule has 0 aliphatic carbocycles. The monoisotopic (exact) mass is 281 g/mol. The maximum absolute atomic E-state index is 10.9. The minimum absolute atomic E-state index is 0.0731. The summed E-state index contributed by atoms with van der Waals surface area (Å²) in [6.07, 6.45) is 0. The van der Waals surface area contributed by atoms with Crippen molar-refractivity contribution in [3.8, 4) is 11.3 Å². The summed E-state index contributed by atoms with van der Waals surface area (Å²) in [5.41, 5.74) is 3.81. The van der Waals surface area contributed by atoms with Crippen LogP contribution in [-0.4, -0.2) is 15.1 Å². The SMILES string of the molecule is CC(C)c1ccc(-c2n[nH]c3ccc([N+](=O)[O-])cc23)cc1. The zero-order chi connectivity index (χ0) is 15.0. The fourth-order valence-corrected chi connectivity index (χ4v) is 2.36. The predicted octanol–water partition coefficient (Wildman–Crippen LogP) is 4.26. The van der Waals surface area contributed by atoms with Gasteiger partial charge in [-0.3, -0.25) is 15.2 Å². The van der Waals surface area contributed by atoms with Crippen LogP contribution in [0, 0.1) is 10.1 Å². The van der Waals surface area contributed by atoms with E-state index in [0.29, 0.717) is 5.92 Å². The first kappa shape index (κ1) is 13.3. The first-order valence-corrected chi connectivity index (χ1v) is 6.79. The standard InChI is InChI=1S/C16H15N3O2/c1-10(2)11-3-5-12(6-4-11)16-14-9-13(19(20)21)7-8-15(14)17-18-16/h3-10H,1-2H3,(H,17,18). The number of nitro groups is 1. The van der Waals surface area contributed by atoms with Crippen molar-refractivity contribution in [3.05, 3.63) is 58.1 Å². The van der Waals surface area contributed by atoms with Gasteiger partial charge in [0.1, 0.15) is 5.69 Å². The second-order valence-electron chi connectivity index (χ2n) is 5.34. The van der Waals surface area contributed by atoms with E-state index >= 15 is 0 Å². The molecule has 0 aliphatic heterocycles. The molecule has 5 heteroatoms. The maximum atomic E-state index is 10.9. The summed E-state index contributed by atoms with van der Waals surface area (Å²) in [5, 5.41) is 18.9. The number of non-ortho nitro benzene ring substituents is 1. The van der Waals surface area contributed by atoms with Gasteiger partial charge in [-0.05, 0) is 17.5 Å². The van der Waals surface area contributed by atoms with E-state index in [4.69, 9.17) is 0 Å². The molecule has 3 rings (SSSR count). The Bertz CT molecular complexity index is 804. The Balaban J connectivity index is 2.11. The third-order valence-corrected chi connectivity index (χ3v) is 3.61. The van der Waals surface area contributed by atoms with Crippen molar-refractivity contribution in [2.75, 3.05) is 0 Å². The second-order valence-corrected chi connectivity index (χ2v) is 5.34. The lowest BCUT2D eigenvalue weighted by molar-refractivity contribution is -0.384. The Labute approximate surface area is 121 Å². The third-order valence-electron chi connectivity index (χ3n) is 3.61. The molecule has 1 aromatic heterocycles. The molecule has 0 unspecified atom stereocenters. The van der Waals surface area contributed by atoms with Crippen molar-refractivity contribution in [2.45, 2.75) is 19.8 Å². The van der Waals surface area contributed by atoms with E-state index in [1.807, 2.05) is 12.1 Å². The molecule has 5 nitrogen and oxygen atoms in total. The van der Waals surface area contributed by atoms with Gasteiger partial charge in [0.2, 0.25) is 0 Å². The van der Waals surface area contributed by atoms with E-state index in [2.05, 4.69) is 36.2 Å². The fraction of sp³-hybridized carbons (Fsp3) is 0.188. The summed E-state index contributed by atoms with van der Waals surface area (Å²) in [6.45, 7) is 4.28. The highest BCUT2D eigenvalue weighted by Gasteiger charge is 2.13. The zero-order valence-electron chi connectivity index (χ0n) is 11.8. The van der Waals surface area contributed by atoms with Gasteiger partial charge in [0, 0.05) is 23.1 Å². The molecule has 0 saturated heterocycles. The van der Waals surface area contributed by atoms with E-state index in [0.717, 1.165) is 22.2 Å². The molecule has 1 heterocycles. The number of aromatic amines is 1. The van der Waals surface area contributed by atoms with Crippen LogP contribution in [0.15, 0.2) is 42.5 Å². The van der Waals surface area contributed by atoms with Gasteiger partial charge < -0.3 is 0 Å². The molecular weight excluding hydrogens is 266 g/mol. The summed E-state index contributed by atoms with van der Waals surface area (Å²) in [6, 6.07) is 12.9. The Hall–Kier alpha value is -2.69. The average Bonchev–Trinajstić information content (AvgIpc) is 2.90. The molecule has 0 amide bonds. The molecule has 0 radical (unpaired) electrons. The highest BCUT2D eigenvalue weighted by molar-refractivity contribution is 5.94. The molecule has 3 aromatic rings. The Morgan fingerprint density at radius 2 is 1.86 bits per heavy atom. The number of H-pyrrole nitrogens is 1. The van der Waals surface area contributed by atoms with E-state index in [1.165, 1.54) is 11.6 Å². The normalized spacial score (nSPS) is 11.2. The van der Waals surface area contributed by atoms with E-state index < -0.39 is 4.92 Å². The highest BCUT2D eigenvalue weighted by Crippen LogP contribution is 2.30. The van der Waals surface area contributed by atoms with Gasteiger partial charge in [-0.15, -0.1) is 0 Å². The van der Waals surface area contributed by atoms with Crippen LogP contribution in [0.1, 0.15) is 25.3 Å². The van der Waals surface area contributed by atoms with Gasteiger partial charge >= 0.3 is 0 Å². The lowest BCUT2D eigenvalue weighted by atomic mass is 10.00.